The monoisotopic (exact) mass is 475 g/mol. The molecule has 4 rings (SSSR count). The quantitative estimate of drug-likeness (QED) is 0.378. The van der Waals surface area contributed by atoms with Crippen molar-refractivity contribution in [3.63, 3.8) is 0 Å². The van der Waals surface area contributed by atoms with Crippen molar-refractivity contribution < 1.29 is 14.6 Å². The van der Waals surface area contributed by atoms with Crippen LogP contribution in [0.2, 0.25) is 0 Å². The predicted octanol–water partition coefficient (Wildman–Crippen LogP) is 5.40. The maximum Gasteiger partial charge on any atom is 0.303 e. The summed E-state index contributed by atoms with van der Waals surface area (Å²) in [5.41, 5.74) is 3.45. The van der Waals surface area contributed by atoms with E-state index in [1.54, 1.807) is 7.11 Å². The Labute approximate surface area is 208 Å². The van der Waals surface area contributed by atoms with Gasteiger partial charge in [0.05, 0.1) is 12.6 Å². The van der Waals surface area contributed by atoms with Gasteiger partial charge in [0.15, 0.2) is 0 Å². The molecule has 0 aliphatic carbocycles. The Morgan fingerprint density at radius 1 is 1.06 bits per heavy atom. The number of hydrogen-bond donors (Lipinski definition) is 1. The molecule has 0 amide bonds. The minimum absolute atomic E-state index is 0.262. The zero-order valence-corrected chi connectivity index (χ0v) is 20.7. The Kier molecular flexibility index (Phi) is 9.07. The van der Waals surface area contributed by atoms with Gasteiger partial charge in [-0.1, -0.05) is 6.07 Å². The molecule has 1 aliphatic heterocycles. The highest BCUT2D eigenvalue weighted by atomic mass is 16.5. The zero-order valence-electron chi connectivity index (χ0n) is 20.7. The molecule has 0 spiro atoms. The lowest BCUT2D eigenvalue weighted by Gasteiger charge is -2.39. The Balaban J connectivity index is 1.31. The molecule has 6 heteroatoms. The number of carboxylic acid groups (broad SMARTS) is 1. The second kappa shape index (κ2) is 12.6. The second-order valence-electron chi connectivity index (χ2n) is 9.71. The molecule has 186 valence electrons. The highest BCUT2D eigenvalue weighted by Gasteiger charge is 2.29. The number of aliphatic carboxylic acids is 1. The van der Waals surface area contributed by atoms with E-state index < -0.39 is 5.97 Å². The number of nitrogens with zero attached hydrogens (tertiary/aromatic N) is 3. The average molecular weight is 476 g/mol. The molecule has 35 heavy (non-hydrogen) atoms. The summed E-state index contributed by atoms with van der Waals surface area (Å²) in [6.07, 6.45) is 11.3. The first-order chi connectivity index (χ1) is 17.1. The molecule has 3 heterocycles. The third kappa shape index (κ3) is 7.25. The number of pyridine rings is 2. The fourth-order valence-corrected chi connectivity index (χ4v) is 5.49. The van der Waals surface area contributed by atoms with Crippen molar-refractivity contribution in [1.82, 2.24) is 14.9 Å². The maximum atomic E-state index is 11.3. The third-order valence-electron chi connectivity index (χ3n) is 7.40. The highest BCUT2D eigenvalue weighted by Crippen LogP contribution is 2.32. The SMILES string of the molecule is COc1ccc2nccc(CCC[C@@H]3CCN(CCCc4ccccn4)C[C@@H]3CCC(=O)O)c2c1. The first-order valence-electron chi connectivity index (χ1n) is 12.9. The third-order valence-corrected chi connectivity index (χ3v) is 7.40. The van der Waals surface area contributed by atoms with Gasteiger partial charge in [0.25, 0.3) is 0 Å². The molecule has 6 nitrogen and oxygen atoms in total. The van der Waals surface area contributed by atoms with E-state index >= 15 is 0 Å². The molecule has 2 atom stereocenters. The molecular weight excluding hydrogens is 438 g/mol. The number of hydrogen-bond acceptors (Lipinski definition) is 5. The van der Waals surface area contributed by atoms with Crippen LogP contribution in [-0.4, -0.2) is 52.7 Å². The summed E-state index contributed by atoms with van der Waals surface area (Å²) in [7, 11) is 1.69. The molecule has 1 aromatic carbocycles. The molecular formula is C29H37N3O3. The molecule has 0 bridgehead atoms. The molecule has 0 saturated carbocycles. The van der Waals surface area contributed by atoms with Crippen LogP contribution in [0, 0.1) is 11.8 Å². The Hall–Kier alpha value is -2.99. The molecule has 3 aromatic rings. The molecule has 1 N–H and O–H groups in total. The number of aryl methyl sites for hydroxylation is 2. The minimum atomic E-state index is -0.687. The molecule has 2 aromatic heterocycles. The van der Waals surface area contributed by atoms with E-state index in [9.17, 15) is 9.90 Å². The normalized spacial score (nSPS) is 18.5. The summed E-state index contributed by atoms with van der Waals surface area (Å²) in [6.45, 7) is 3.17. The van der Waals surface area contributed by atoms with Crippen LogP contribution in [-0.2, 0) is 17.6 Å². The predicted molar refractivity (Wildman–Crippen MR) is 139 cm³/mol. The van der Waals surface area contributed by atoms with Crippen LogP contribution in [0.15, 0.2) is 54.9 Å². The van der Waals surface area contributed by atoms with Crippen molar-refractivity contribution >= 4 is 16.9 Å². The first-order valence-corrected chi connectivity index (χ1v) is 12.9. The Morgan fingerprint density at radius 3 is 2.77 bits per heavy atom. The van der Waals surface area contributed by atoms with E-state index in [0.29, 0.717) is 11.8 Å². The van der Waals surface area contributed by atoms with Crippen LogP contribution in [0.3, 0.4) is 0 Å². The van der Waals surface area contributed by atoms with Crippen LogP contribution in [0.4, 0.5) is 0 Å². The van der Waals surface area contributed by atoms with Crippen LogP contribution < -0.4 is 4.74 Å². The van der Waals surface area contributed by atoms with Gasteiger partial charge in [-0.05, 0) is 112 Å². The van der Waals surface area contributed by atoms with Gasteiger partial charge in [0.2, 0.25) is 0 Å². The van der Waals surface area contributed by atoms with Gasteiger partial charge in [-0.2, -0.15) is 0 Å². The number of ether oxygens (including phenoxy) is 1. The van der Waals surface area contributed by atoms with E-state index in [4.69, 9.17) is 4.74 Å². The van der Waals surface area contributed by atoms with Gasteiger partial charge in [0.1, 0.15) is 5.75 Å². The van der Waals surface area contributed by atoms with Crippen molar-refractivity contribution in [1.29, 1.82) is 0 Å². The second-order valence-corrected chi connectivity index (χ2v) is 9.71. The summed E-state index contributed by atoms with van der Waals surface area (Å²) in [6, 6.07) is 14.3. The Bertz CT molecular complexity index is 1090. The highest BCUT2D eigenvalue weighted by molar-refractivity contribution is 5.83. The molecule has 1 fully saturated rings. The lowest BCUT2D eigenvalue weighted by molar-refractivity contribution is -0.137. The number of benzene rings is 1. The fourth-order valence-electron chi connectivity index (χ4n) is 5.49. The topological polar surface area (TPSA) is 75.5 Å². The van der Waals surface area contributed by atoms with E-state index in [1.807, 2.05) is 36.7 Å². The van der Waals surface area contributed by atoms with Crippen molar-refractivity contribution in [2.75, 3.05) is 26.7 Å². The lowest BCUT2D eigenvalue weighted by Crippen LogP contribution is -2.41. The number of piperidine rings is 1. The van der Waals surface area contributed by atoms with Crippen molar-refractivity contribution in [3.8, 4) is 5.75 Å². The van der Waals surface area contributed by atoms with Crippen LogP contribution in [0.5, 0.6) is 5.75 Å². The lowest BCUT2D eigenvalue weighted by atomic mass is 9.79. The van der Waals surface area contributed by atoms with Gasteiger partial charge in [-0.25, -0.2) is 0 Å². The Morgan fingerprint density at radius 2 is 1.97 bits per heavy atom. The number of rotatable bonds is 12. The average Bonchev–Trinajstić information content (AvgIpc) is 2.88. The molecule has 0 unspecified atom stereocenters. The zero-order chi connectivity index (χ0) is 24.5. The summed E-state index contributed by atoms with van der Waals surface area (Å²) in [5, 5.41) is 10.5. The maximum absolute atomic E-state index is 11.3. The van der Waals surface area contributed by atoms with E-state index in [1.165, 1.54) is 5.56 Å². The number of likely N-dealkylation sites (tertiary alicyclic amines) is 1. The van der Waals surface area contributed by atoms with Gasteiger partial charge in [-0.3, -0.25) is 14.8 Å². The van der Waals surface area contributed by atoms with Crippen molar-refractivity contribution in [2.24, 2.45) is 11.8 Å². The number of fused-ring (bicyclic) bond motifs is 1. The molecule has 1 saturated heterocycles. The number of carbonyl (C=O) groups is 1. The van der Waals surface area contributed by atoms with Crippen LogP contribution in [0.25, 0.3) is 10.9 Å². The first kappa shape index (κ1) is 25.1. The summed E-state index contributed by atoms with van der Waals surface area (Å²) in [5.74, 6) is 1.21. The summed E-state index contributed by atoms with van der Waals surface area (Å²) in [4.78, 5) is 22.8. The van der Waals surface area contributed by atoms with Crippen molar-refractivity contribution in [2.45, 2.75) is 51.4 Å². The van der Waals surface area contributed by atoms with Gasteiger partial charge in [-0.15, -0.1) is 0 Å². The number of methoxy groups -OCH3 is 1. The van der Waals surface area contributed by atoms with Gasteiger partial charge in [0, 0.05) is 36.4 Å². The van der Waals surface area contributed by atoms with E-state index in [2.05, 4.69) is 33.1 Å². The molecule has 1 aliphatic rings. The minimum Gasteiger partial charge on any atom is -0.497 e. The van der Waals surface area contributed by atoms with Gasteiger partial charge < -0.3 is 14.7 Å². The number of aromatic nitrogens is 2. The van der Waals surface area contributed by atoms with E-state index in [-0.39, 0.29) is 6.42 Å². The summed E-state index contributed by atoms with van der Waals surface area (Å²) < 4.78 is 5.42. The van der Waals surface area contributed by atoms with Gasteiger partial charge >= 0.3 is 5.97 Å². The van der Waals surface area contributed by atoms with E-state index in [0.717, 1.165) is 86.9 Å². The van der Waals surface area contributed by atoms with Crippen LogP contribution in [0.1, 0.15) is 49.8 Å². The van der Waals surface area contributed by atoms with Crippen molar-refractivity contribution in [3.05, 3.63) is 66.1 Å². The van der Waals surface area contributed by atoms with Crippen LogP contribution >= 0.6 is 0 Å². The largest absolute Gasteiger partial charge is 0.497 e. The summed E-state index contributed by atoms with van der Waals surface area (Å²) >= 11 is 0. The fraction of sp³-hybridized carbons (Fsp3) is 0.483. The molecule has 0 radical (unpaired) electrons. The smallest absolute Gasteiger partial charge is 0.303 e. The standard InChI is InChI=1S/C29H37N3O3/c1-35-26-11-12-28-27(20-26)23(14-17-31-28)7-4-6-22-15-19-32(21-24(22)10-13-29(33)34)18-5-9-25-8-2-3-16-30-25/h2-3,8,11-12,14,16-17,20,22,24H,4-7,9-10,13,15,18-19,21H2,1H3,(H,33,34)/t22-,24+/m1/s1. The number of carboxylic acids is 1.